The van der Waals surface area contributed by atoms with Crippen molar-refractivity contribution in [3.8, 4) is 0 Å². The number of halogens is 1. The zero-order chi connectivity index (χ0) is 19.6. The number of aliphatic hydroxyl groups is 1. The van der Waals surface area contributed by atoms with Gasteiger partial charge in [-0.3, -0.25) is 9.69 Å². The summed E-state index contributed by atoms with van der Waals surface area (Å²) >= 11 is 3.50. The molecule has 28 heavy (non-hydrogen) atoms. The molecule has 0 atom stereocenters. The van der Waals surface area contributed by atoms with Crippen molar-refractivity contribution in [2.75, 3.05) is 13.1 Å². The molecule has 1 aliphatic carbocycles. The molecule has 0 bridgehead atoms. The molecule has 1 heterocycles. The standard InChI is InChI=1S/C23H27BrN2O2/c24-20-3-1-2-19(14-20)23(10-11-23)22(28)25-15-17-4-6-18(7-5-17)16-26-12-8-21(27)9-13-26/h1-7,14,21,27H,8-13,15-16H2,(H,25,28). The number of carbonyl (C=O) groups is 1. The fourth-order valence-electron chi connectivity index (χ4n) is 4.01. The molecule has 5 heteroatoms. The zero-order valence-electron chi connectivity index (χ0n) is 16.0. The Hall–Kier alpha value is -1.69. The molecule has 0 unspecified atom stereocenters. The van der Waals surface area contributed by atoms with E-state index in [1.165, 1.54) is 5.56 Å². The number of carbonyl (C=O) groups excluding carboxylic acids is 1. The van der Waals surface area contributed by atoms with Gasteiger partial charge in [-0.1, -0.05) is 52.3 Å². The van der Waals surface area contributed by atoms with Gasteiger partial charge in [-0.05, 0) is 54.5 Å². The number of rotatable bonds is 6. The number of aliphatic hydroxyl groups excluding tert-OH is 1. The van der Waals surface area contributed by atoms with E-state index in [0.717, 1.165) is 60.9 Å². The molecule has 2 aliphatic rings. The molecule has 2 fully saturated rings. The van der Waals surface area contributed by atoms with Crippen LogP contribution in [0.3, 0.4) is 0 Å². The Kier molecular flexibility index (Phi) is 5.85. The monoisotopic (exact) mass is 442 g/mol. The van der Waals surface area contributed by atoms with Gasteiger partial charge in [0.2, 0.25) is 5.91 Å². The molecule has 2 aromatic rings. The van der Waals surface area contributed by atoms with E-state index in [9.17, 15) is 9.90 Å². The zero-order valence-corrected chi connectivity index (χ0v) is 17.6. The number of nitrogens with one attached hydrogen (secondary N) is 1. The van der Waals surface area contributed by atoms with E-state index < -0.39 is 0 Å². The van der Waals surface area contributed by atoms with Crippen molar-refractivity contribution >= 4 is 21.8 Å². The molecule has 0 aromatic heterocycles. The lowest BCUT2D eigenvalue weighted by molar-refractivity contribution is -0.123. The molecular formula is C23H27BrN2O2. The van der Waals surface area contributed by atoms with Gasteiger partial charge in [0.25, 0.3) is 0 Å². The average molecular weight is 443 g/mol. The number of nitrogens with zero attached hydrogens (tertiary/aromatic N) is 1. The summed E-state index contributed by atoms with van der Waals surface area (Å²) < 4.78 is 1.02. The van der Waals surface area contributed by atoms with Gasteiger partial charge in [-0.2, -0.15) is 0 Å². The Morgan fingerprint density at radius 2 is 1.79 bits per heavy atom. The quantitative estimate of drug-likeness (QED) is 0.715. The Morgan fingerprint density at radius 3 is 2.43 bits per heavy atom. The van der Waals surface area contributed by atoms with Crippen LogP contribution in [0.1, 0.15) is 42.4 Å². The summed E-state index contributed by atoms with van der Waals surface area (Å²) in [6.07, 6.45) is 3.43. The van der Waals surface area contributed by atoms with Crippen molar-refractivity contribution in [2.24, 2.45) is 0 Å². The van der Waals surface area contributed by atoms with E-state index in [1.54, 1.807) is 0 Å². The van der Waals surface area contributed by atoms with Crippen molar-refractivity contribution in [3.63, 3.8) is 0 Å². The normalized spacial score (nSPS) is 19.4. The van der Waals surface area contributed by atoms with Crippen LogP contribution in [-0.4, -0.2) is 35.1 Å². The highest BCUT2D eigenvalue weighted by Crippen LogP contribution is 2.48. The van der Waals surface area contributed by atoms with Crippen molar-refractivity contribution in [2.45, 2.75) is 50.3 Å². The van der Waals surface area contributed by atoms with Gasteiger partial charge in [-0.25, -0.2) is 0 Å². The molecular weight excluding hydrogens is 416 g/mol. The van der Waals surface area contributed by atoms with E-state index in [1.807, 2.05) is 18.2 Å². The van der Waals surface area contributed by atoms with Crippen LogP contribution in [0.5, 0.6) is 0 Å². The minimum Gasteiger partial charge on any atom is -0.393 e. The van der Waals surface area contributed by atoms with Crippen LogP contribution >= 0.6 is 15.9 Å². The van der Waals surface area contributed by atoms with Crippen LogP contribution in [-0.2, 0) is 23.3 Å². The van der Waals surface area contributed by atoms with Crippen molar-refractivity contribution in [3.05, 3.63) is 69.7 Å². The highest BCUT2D eigenvalue weighted by molar-refractivity contribution is 9.10. The summed E-state index contributed by atoms with van der Waals surface area (Å²) in [5, 5.41) is 12.8. The maximum atomic E-state index is 12.8. The molecule has 1 amide bonds. The number of piperidine rings is 1. The van der Waals surface area contributed by atoms with Crippen LogP contribution in [0.25, 0.3) is 0 Å². The molecule has 4 rings (SSSR count). The third-order valence-corrected chi connectivity index (χ3v) is 6.49. The van der Waals surface area contributed by atoms with Crippen molar-refractivity contribution in [1.29, 1.82) is 0 Å². The average Bonchev–Trinajstić information content (AvgIpc) is 3.51. The lowest BCUT2D eigenvalue weighted by Gasteiger charge is -2.29. The molecule has 148 valence electrons. The first-order chi connectivity index (χ1) is 13.5. The predicted octanol–water partition coefficient (Wildman–Crippen LogP) is 3.75. The van der Waals surface area contributed by atoms with E-state index in [0.29, 0.717) is 6.54 Å². The third-order valence-electron chi connectivity index (χ3n) is 6.00. The predicted molar refractivity (Wildman–Crippen MR) is 114 cm³/mol. The summed E-state index contributed by atoms with van der Waals surface area (Å²) in [5.74, 6) is 0.126. The molecule has 0 radical (unpaired) electrons. The summed E-state index contributed by atoms with van der Waals surface area (Å²) in [7, 11) is 0. The second-order valence-corrected chi connectivity index (χ2v) is 9.01. The molecule has 0 spiro atoms. The number of likely N-dealkylation sites (tertiary alicyclic amines) is 1. The highest BCUT2D eigenvalue weighted by atomic mass is 79.9. The first-order valence-electron chi connectivity index (χ1n) is 10.1. The minimum absolute atomic E-state index is 0.126. The maximum absolute atomic E-state index is 12.8. The van der Waals surface area contributed by atoms with Crippen LogP contribution in [0, 0.1) is 0 Å². The largest absolute Gasteiger partial charge is 0.393 e. The van der Waals surface area contributed by atoms with Gasteiger partial charge < -0.3 is 10.4 Å². The topological polar surface area (TPSA) is 52.6 Å². The van der Waals surface area contributed by atoms with Gasteiger partial charge in [0.05, 0.1) is 11.5 Å². The highest BCUT2D eigenvalue weighted by Gasteiger charge is 2.51. The van der Waals surface area contributed by atoms with E-state index in [4.69, 9.17) is 0 Å². The Balaban J connectivity index is 1.31. The first-order valence-corrected chi connectivity index (χ1v) is 10.9. The molecule has 1 aliphatic heterocycles. The Labute approximate surface area is 175 Å². The van der Waals surface area contributed by atoms with E-state index in [-0.39, 0.29) is 17.4 Å². The molecule has 4 nitrogen and oxygen atoms in total. The van der Waals surface area contributed by atoms with Crippen LogP contribution < -0.4 is 5.32 Å². The number of hydrogen-bond acceptors (Lipinski definition) is 3. The SMILES string of the molecule is O=C(NCc1ccc(CN2CCC(O)CC2)cc1)C1(c2cccc(Br)c2)CC1. The van der Waals surface area contributed by atoms with Gasteiger partial charge in [0.15, 0.2) is 0 Å². The summed E-state index contributed by atoms with van der Waals surface area (Å²) in [6, 6.07) is 16.6. The summed E-state index contributed by atoms with van der Waals surface area (Å²) in [5.41, 5.74) is 3.15. The van der Waals surface area contributed by atoms with Gasteiger partial charge in [-0.15, -0.1) is 0 Å². The van der Waals surface area contributed by atoms with Gasteiger partial charge >= 0.3 is 0 Å². The molecule has 1 saturated heterocycles. The van der Waals surface area contributed by atoms with Crippen LogP contribution in [0.2, 0.25) is 0 Å². The lowest BCUT2D eigenvalue weighted by atomic mass is 9.95. The number of hydrogen-bond donors (Lipinski definition) is 2. The lowest BCUT2D eigenvalue weighted by Crippen LogP contribution is -2.35. The van der Waals surface area contributed by atoms with E-state index in [2.05, 4.69) is 56.5 Å². The number of amides is 1. The fourth-order valence-corrected chi connectivity index (χ4v) is 4.41. The summed E-state index contributed by atoms with van der Waals surface area (Å²) in [6.45, 7) is 3.39. The van der Waals surface area contributed by atoms with Crippen molar-refractivity contribution < 1.29 is 9.90 Å². The van der Waals surface area contributed by atoms with Crippen LogP contribution in [0.15, 0.2) is 53.0 Å². The number of benzene rings is 2. The smallest absolute Gasteiger partial charge is 0.230 e. The summed E-state index contributed by atoms with van der Waals surface area (Å²) in [4.78, 5) is 15.2. The second-order valence-electron chi connectivity index (χ2n) is 8.10. The second kappa shape index (κ2) is 8.36. The molecule has 1 saturated carbocycles. The molecule has 2 N–H and O–H groups in total. The first kappa shape index (κ1) is 19.6. The fraction of sp³-hybridized carbons (Fsp3) is 0.435. The van der Waals surface area contributed by atoms with Crippen LogP contribution in [0.4, 0.5) is 0 Å². The minimum atomic E-state index is -0.345. The van der Waals surface area contributed by atoms with Gasteiger partial charge in [0.1, 0.15) is 0 Å². The molecule has 2 aromatic carbocycles. The van der Waals surface area contributed by atoms with E-state index >= 15 is 0 Å². The Morgan fingerprint density at radius 1 is 1.11 bits per heavy atom. The third kappa shape index (κ3) is 4.48. The Bertz CT molecular complexity index is 825. The maximum Gasteiger partial charge on any atom is 0.230 e. The van der Waals surface area contributed by atoms with Crippen molar-refractivity contribution in [1.82, 2.24) is 10.2 Å². The van der Waals surface area contributed by atoms with Gasteiger partial charge in [0, 0.05) is 30.7 Å².